The molecule has 136 valence electrons. The Morgan fingerprint density at radius 2 is 1.60 bits per heavy atom. The molecule has 1 aliphatic heterocycles. The first-order valence-electron chi connectivity index (χ1n) is 8.29. The Kier molecular flexibility index (Phi) is 6.12. The number of rotatable bonds is 5. The minimum absolute atomic E-state index is 0.179. The number of hydrogen-bond acceptors (Lipinski definition) is 6. The standard InChI is InChI=1S/C18H25N3O4/c1-11(2)15-17(24-4)20-16(18(19-15)25-5)14(10-21(22)23)13-8-6-12(3)7-9-13/h6-9,11,14-16H,10H2,1-5H3/t14-,15-,16+/m0/s1. The molecule has 2 rings (SSSR count). The third-order valence-corrected chi connectivity index (χ3v) is 4.32. The quantitative estimate of drug-likeness (QED) is 0.605. The highest BCUT2D eigenvalue weighted by molar-refractivity contribution is 5.94. The van der Waals surface area contributed by atoms with E-state index in [0.29, 0.717) is 11.8 Å². The van der Waals surface area contributed by atoms with Crippen LogP contribution in [0.1, 0.15) is 30.9 Å². The van der Waals surface area contributed by atoms with Gasteiger partial charge in [-0.3, -0.25) is 10.1 Å². The van der Waals surface area contributed by atoms with Crippen molar-refractivity contribution in [1.29, 1.82) is 0 Å². The summed E-state index contributed by atoms with van der Waals surface area (Å²) in [6.45, 7) is 5.75. The van der Waals surface area contributed by atoms with Crippen LogP contribution in [0.25, 0.3) is 0 Å². The van der Waals surface area contributed by atoms with Gasteiger partial charge in [0.1, 0.15) is 12.1 Å². The van der Waals surface area contributed by atoms with Crippen molar-refractivity contribution in [3.8, 4) is 0 Å². The molecule has 0 aliphatic carbocycles. The van der Waals surface area contributed by atoms with Gasteiger partial charge >= 0.3 is 0 Å². The average molecular weight is 347 g/mol. The van der Waals surface area contributed by atoms with Crippen LogP contribution in [0.2, 0.25) is 0 Å². The van der Waals surface area contributed by atoms with Crippen LogP contribution < -0.4 is 0 Å². The fourth-order valence-electron chi connectivity index (χ4n) is 2.94. The summed E-state index contributed by atoms with van der Waals surface area (Å²) >= 11 is 0. The molecule has 0 saturated carbocycles. The van der Waals surface area contributed by atoms with Crippen LogP contribution >= 0.6 is 0 Å². The van der Waals surface area contributed by atoms with E-state index in [1.54, 1.807) is 7.11 Å². The Labute approximate surface area is 147 Å². The van der Waals surface area contributed by atoms with Crippen molar-refractivity contribution in [3.05, 3.63) is 45.5 Å². The number of nitrogens with zero attached hydrogens (tertiary/aromatic N) is 3. The van der Waals surface area contributed by atoms with Gasteiger partial charge in [0.25, 0.3) is 0 Å². The Bertz CT molecular complexity index is 667. The van der Waals surface area contributed by atoms with Crippen LogP contribution in [-0.4, -0.2) is 49.6 Å². The molecule has 1 aliphatic rings. The van der Waals surface area contributed by atoms with Crippen molar-refractivity contribution in [2.45, 2.75) is 38.8 Å². The molecular formula is C18H25N3O4. The zero-order chi connectivity index (χ0) is 18.6. The smallest absolute Gasteiger partial charge is 0.213 e. The Morgan fingerprint density at radius 1 is 1.08 bits per heavy atom. The van der Waals surface area contributed by atoms with Gasteiger partial charge in [0, 0.05) is 4.92 Å². The summed E-state index contributed by atoms with van der Waals surface area (Å²) in [5, 5.41) is 11.3. The maximum absolute atomic E-state index is 11.3. The average Bonchev–Trinajstić information content (AvgIpc) is 2.59. The highest BCUT2D eigenvalue weighted by atomic mass is 16.6. The van der Waals surface area contributed by atoms with Crippen LogP contribution in [0.3, 0.4) is 0 Å². The Balaban J connectivity index is 2.47. The first-order valence-corrected chi connectivity index (χ1v) is 8.29. The van der Waals surface area contributed by atoms with Gasteiger partial charge in [0.05, 0.1) is 20.1 Å². The summed E-state index contributed by atoms with van der Waals surface area (Å²) in [4.78, 5) is 20.2. The van der Waals surface area contributed by atoms with Crippen molar-refractivity contribution < 1.29 is 14.4 Å². The fourth-order valence-corrected chi connectivity index (χ4v) is 2.94. The third kappa shape index (κ3) is 4.35. The molecule has 1 aromatic rings. The predicted octanol–water partition coefficient (Wildman–Crippen LogP) is 2.85. The molecule has 0 fully saturated rings. The molecule has 25 heavy (non-hydrogen) atoms. The summed E-state index contributed by atoms with van der Waals surface area (Å²) in [7, 11) is 3.07. The van der Waals surface area contributed by atoms with Crippen LogP contribution in [0.4, 0.5) is 0 Å². The van der Waals surface area contributed by atoms with E-state index in [1.165, 1.54) is 7.11 Å². The molecular weight excluding hydrogens is 322 g/mol. The van der Waals surface area contributed by atoms with E-state index in [4.69, 9.17) is 9.47 Å². The van der Waals surface area contributed by atoms with Crippen LogP contribution in [-0.2, 0) is 9.47 Å². The number of methoxy groups -OCH3 is 2. The van der Waals surface area contributed by atoms with E-state index < -0.39 is 12.0 Å². The summed E-state index contributed by atoms with van der Waals surface area (Å²) in [6, 6.07) is 6.84. The lowest BCUT2D eigenvalue weighted by Gasteiger charge is -2.30. The molecule has 0 N–H and O–H groups in total. The van der Waals surface area contributed by atoms with Crippen molar-refractivity contribution in [3.63, 3.8) is 0 Å². The lowest BCUT2D eigenvalue weighted by Crippen LogP contribution is -2.41. The van der Waals surface area contributed by atoms with Crippen LogP contribution in [0.15, 0.2) is 34.3 Å². The van der Waals surface area contributed by atoms with E-state index in [1.807, 2.05) is 45.0 Å². The number of aryl methyl sites for hydroxylation is 1. The number of benzene rings is 1. The minimum Gasteiger partial charge on any atom is -0.483 e. The summed E-state index contributed by atoms with van der Waals surface area (Å²) in [6.07, 6.45) is 0. The molecule has 1 heterocycles. The molecule has 0 saturated heterocycles. The molecule has 7 heteroatoms. The monoisotopic (exact) mass is 347 g/mol. The molecule has 3 atom stereocenters. The zero-order valence-electron chi connectivity index (χ0n) is 15.3. The number of ether oxygens (including phenoxy) is 2. The van der Waals surface area contributed by atoms with Crippen LogP contribution in [0.5, 0.6) is 0 Å². The number of aliphatic imine (C=N–C) groups is 2. The lowest BCUT2D eigenvalue weighted by molar-refractivity contribution is -0.483. The van der Waals surface area contributed by atoms with Gasteiger partial charge in [0.15, 0.2) is 0 Å². The second kappa shape index (κ2) is 8.09. The van der Waals surface area contributed by atoms with Gasteiger partial charge in [-0.25, -0.2) is 9.98 Å². The van der Waals surface area contributed by atoms with Gasteiger partial charge in [-0.15, -0.1) is 0 Å². The van der Waals surface area contributed by atoms with Gasteiger partial charge in [-0.2, -0.15) is 0 Å². The third-order valence-electron chi connectivity index (χ3n) is 4.32. The molecule has 0 radical (unpaired) electrons. The normalized spacial score (nSPS) is 21.4. The zero-order valence-corrected chi connectivity index (χ0v) is 15.3. The number of hydrogen-bond donors (Lipinski definition) is 0. The van der Waals surface area contributed by atoms with Gasteiger partial charge in [-0.1, -0.05) is 43.7 Å². The van der Waals surface area contributed by atoms with E-state index in [9.17, 15) is 10.1 Å². The molecule has 7 nitrogen and oxygen atoms in total. The fraction of sp³-hybridized carbons (Fsp3) is 0.556. The SMILES string of the molecule is COC1=N[C@H]([C@@H](C[N+](=O)[O-])c2ccc(C)cc2)C(OC)=N[C@H]1C(C)C. The molecule has 0 amide bonds. The Morgan fingerprint density at radius 3 is 2.08 bits per heavy atom. The predicted molar refractivity (Wildman–Crippen MR) is 97.1 cm³/mol. The number of nitro groups is 1. The largest absolute Gasteiger partial charge is 0.483 e. The molecule has 0 aromatic heterocycles. The summed E-state index contributed by atoms with van der Waals surface area (Å²) in [5.41, 5.74) is 1.92. The van der Waals surface area contributed by atoms with Gasteiger partial charge in [0.2, 0.25) is 18.3 Å². The second-order valence-electron chi connectivity index (χ2n) is 6.51. The topological polar surface area (TPSA) is 86.3 Å². The van der Waals surface area contributed by atoms with Crippen molar-refractivity contribution in [2.24, 2.45) is 15.9 Å². The van der Waals surface area contributed by atoms with E-state index >= 15 is 0 Å². The van der Waals surface area contributed by atoms with E-state index in [-0.39, 0.29) is 23.4 Å². The van der Waals surface area contributed by atoms with Crippen molar-refractivity contribution in [2.75, 3.05) is 20.8 Å². The molecule has 0 spiro atoms. The molecule has 1 aromatic carbocycles. The minimum atomic E-state index is -0.581. The van der Waals surface area contributed by atoms with Crippen LogP contribution in [0, 0.1) is 23.0 Å². The lowest BCUT2D eigenvalue weighted by atomic mass is 9.89. The van der Waals surface area contributed by atoms with Crippen molar-refractivity contribution in [1.82, 2.24) is 0 Å². The highest BCUT2D eigenvalue weighted by Gasteiger charge is 2.38. The van der Waals surface area contributed by atoms with Gasteiger partial charge < -0.3 is 9.47 Å². The highest BCUT2D eigenvalue weighted by Crippen LogP contribution is 2.28. The molecule has 0 unspecified atom stereocenters. The maximum Gasteiger partial charge on any atom is 0.213 e. The van der Waals surface area contributed by atoms with Crippen molar-refractivity contribution >= 4 is 11.8 Å². The van der Waals surface area contributed by atoms with E-state index in [2.05, 4.69) is 9.98 Å². The second-order valence-corrected chi connectivity index (χ2v) is 6.51. The maximum atomic E-state index is 11.3. The summed E-state index contributed by atoms with van der Waals surface area (Å²) in [5.74, 6) is 0.596. The van der Waals surface area contributed by atoms with E-state index in [0.717, 1.165) is 11.1 Å². The summed E-state index contributed by atoms with van der Waals surface area (Å²) < 4.78 is 10.9. The first-order chi connectivity index (χ1) is 11.9. The first kappa shape index (κ1) is 18.9. The Hall–Kier alpha value is -2.44. The van der Waals surface area contributed by atoms with Gasteiger partial charge in [-0.05, 0) is 18.4 Å². The molecule has 0 bridgehead atoms.